The molecule has 0 saturated heterocycles. The molecule has 0 bridgehead atoms. The van der Waals surface area contributed by atoms with Crippen molar-refractivity contribution < 1.29 is 4.74 Å². The second-order valence-electron chi connectivity index (χ2n) is 14.7. The Labute approximate surface area is 296 Å². The Kier molecular flexibility index (Phi) is 8.86. The summed E-state index contributed by atoms with van der Waals surface area (Å²) in [5.41, 5.74) is 13.0. The molecule has 0 unspecified atom stereocenters. The quantitative estimate of drug-likeness (QED) is 0.155. The lowest BCUT2D eigenvalue weighted by atomic mass is 9.86. The van der Waals surface area contributed by atoms with Gasteiger partial charge in [0.1, 0.15) is 17.3 Å². The highest BCUT2D eigenvalue weighted by atomic mass is 16.5. The van der Waals surface area contributed by atoms with E-state index in [1.54, 1.807) is 0 Å². The van der Waals surface area contributed by atoms with Crippen LogP contribution < -0.4 is 4.74 Å². The Bertz CT molecular complexity index is 2330. The van der Waals surface area contributed by atoms with E-state index in [9.17, 15) is 0 Å². The first-order valence-electron chi connectivity index (χ1n) is 18.0. The van der Waals surface area contributed by atoms with Crippen LogP contribution in [-0.4, -0.2) is 19.3 Å². The molecule has 3 aromatic heterocycles. The molecule has 3 heterocycles. The second-order valence-corrected chi connectivity index (χ2v) is 14.7. The van der Waals surface area contributed by atoms with Crippen molar-refractivity contribution in [2.24, 2.45) is 0 Å². The highest BCUT2D eigenvalue weighted by Gasteiger charge is 2.23. The Morgan fingerprint density at radius 2 is 1.48 bits per heavy atom. The summed E-state index contributed by atoms with van der Waals surface area (Å²) in [7, 11) is 0. The first-order valence-corrected chi connectivity index (χ1v) is 18.0. The highest BCUT2D eigenvalue weighted by Crippen LogP contribution is 2.39. The molecule has 0 aliphatic heterocycles. The van der Waals surface area contributed by atoms with Crippen LogP contribution in [-0.2, 0) is 18.3 Å². The molecule has 0 spiro atoms. The van der Waals surface area contributed by atoms with Crippen LogP contribution in [0.1, 0.15) is 81.1 Å². The van der Waals surface area contributed by atoms with Gasteiger partial charge in [-0.3, -0.25) is 4.57 Å². The van der Waals surface area contributed by atoms with Crippen molar-refractivity contribution in [1.29, 1.82) is 0 Å². The highest BCUT2D eigenvalue weighted by molar-refractivity contribution is 6.09. The Morgan fingerprint density at radius 3 is 2.22 bits per heavy atom. The largest absolute Gasteiger partial charge is 0.457 e. The minimum absolute atomic E-state index is 0.0956. The third-order valence-corrected chi connectivity index (χ3v) is 9.98. The van der Waals surface area contributed by atoms with E-state index in [0.717, 1.165) is 65.4 Å². The van der Waals surface area contributed by atoms with E-state index >= 15 is 0 Å². The Morgan fingerprint density at radius 1 is 0.720 bits per heavy atom. The topological polar surface area (TPSA) is 44.9 Å². The van der Waals surface area contributed by atoms with Gasteiger partial charge in [0.15, 0.2) is 0 Å². The average Bonchev–Trinajstić information content (AvgIpc) is 3.60. The Balaban J connectivity index is 1.38. The van der Waals surface area contributed by atoms with Gasteiger partial charge in [0.05, 0.1) is 28.1 Å². The third kappa shape index (κ3) is 6.10. The number of para-hydroxylation sites is 1. The molecule has 5 nitrogen and oxygen atoms in total. The number of ether oxygens (including phenoxy) is 1. The maximum absolute atomic E-state index is 6.82. The number of nitrogens with zero attached hydrogens (tertiary/aromatic N) is 4. The molecule has 0 aliphatic carbocycles. The fourth-order valence-electron chi connectivity index (χ4n) is 7.29. The standard InChI is InChI=1S/C45H48N4O/c1-9-11-18-40-44(43-29(3)15-14-16-30(43)4)31(5)47-49(40)34-25-33(45(6,7)8)26-36(27-34)50-35-20-21-38-37-17-12-13-19-39(37)48(41(38)28-35)42-24-32(10-2)22-23-46-42/h12-17,19-28H,9-11,18H2,1-8H3. The summed E-state index contributed by atoms with van der Waals surface area (Å²) >= 11 is 0. The number of aromatic nitrogens is 4. The molecule has 254 valence electrons. The van der Waals surface area contributed by atoms with Gasteiger partial charge in [-0.2, -0.15) is 5.10 Å². The molecule has 0 saturated carbocycles. The molecule has 50 heavy (non-hydrogen) atoms. The lowest BCUT2D eigenvalue weighted by molar-refractivity contribution is 0.478. The summed E-state index contributed by atoms with van der Waals surface area (Å²) in [6.07, 6.45) is 6.02. The van der Waals surface area contributed by atoms with Gasteiger partial charge in [0, 0.05) is 34.7 Å². The number of aryl methyl sites for hydroxylation is 4. The number of benzene rings is 4. The zero-order chi connectivity index (χ0) is 35.2. The fourth-order valence-corrected chi connectivity index (χ4v) is 7.29. The van der Waals surface area contributed by atoms with Crippen LogP contribution in [0.5, 0.6) is 11.5 Å². The molecular weight excluding hydrogens is 613 g/mol. The predicted molar refractivity (Wildman–Crippen MR) is 209 cm³/mol. The number of fused-ring (bicyclic) bond motifs is 3. The first-order chi connectivity index (χ1) is 24.1. The van der Waals surface area contributed by atoms with Crippen LogP contribution in [0.25, 0.3) is 44.4 Å². The normalized spacial score (nSPS) is 11.9. The number of hydrogen-bond acceptors (Lipinski definition) is 3. The van der Waals surface area contributed by atoms with Crippen LogP contribution >= 0.6 is 0 Å². The van der Waals surface area contributed by atoms with Gasteiger partial charge in [-0.1, -0.05) is 77.4 Å². The minimum atomic E-state index is -0.0956. The van der Waals surface area contributed by atoms with Gasteiger partial charge < -0.3 is 4.74 Å². The number of pyridine rings is 1. The van der Waals surface area contributed by atoms with Crippen molar-refractivity contribution >= 4 is 21.8 Å². The minimum Gasteiger partial charge on any atom is -0.457 e. The van der Waals surface area contributed by atoms with Crippen molar-refractivity contribution in [3.63, 3.8) is 0 Å². The van der Waals surface area contributed by atoms with Crippen LogP contribution in [0.3, 0.4) is 0 Å². The maximum Gasteiger partial charge on any atom is 0.137 e. The third-order valence-electron chi connectivity index (χ3n) is 9.98. The van der Waals surface area contributed by atoms with E-state index in [-0.39, 0.29) is 5.41 Å². The first kappa shape index (κ1) is 33.3. The molecule has 7 aromatic rings. The molecule has 7 rings (SSSR count). The number of unbranched alkanes of at least 4 members (excludes halogenated alkanes) is 1. The summed E-state index contributed by atoms with van der Waals surface area (Å²) in [5.74, 6) is 2.49. The van der Waals surface area contributed by atoms with Crippen molar-refractivity contribution in [3.05, 3.63) is 131 Å². The van der Waals surface area contributed by atoms with Gasteiger partial charge in [-0.25, -0.2) is 9.67 Å². The van der Waals surface area contributed by atoms with Gasteiger partial charge in [-0.15, -0.1) is 0 Å². The molecular formula is C45H48N4O. The van der Waals surface area contributed by atoms with E-state index < -0.39 is 0 Å². The summed E-state index contributed by atoms with van der Waals surface area (Å²) < 4.78 is 11.3. The van der Waals surface area contributed by atoms with Gasteiger partial charge >= 0.3 is 0 Å². The van der Waals surface area contributed by atoms with Crippen LogP contribution in [0.2, 0.25) is 0 Å². The average molecular weight is 661 g/mol. The van der Waals surface area contributed by atoms with E-state index in [0.29, 0.717) is 0 Å². The maximum atomic E-state index is 6.82. The predicted octanol–water partition coefficient (Wildman–Crippen LogP) is 12.0. The SMILES string of the molecule is CCCCc1c(-c2c(C)cccc2C)c(C)nn1-c1cc(Oc2ccc3c4ccccc4n(-c4cc(CC)ccn4)c3c2)cc(C(C)(C)C)c1. The van der Waals surface area contributed by atoms with Crippen LogP contribution in [0.4, 0.5) is 0 Å². The number of hydrogen-bond donors (Lipinski definition) is 0. The molecule has 0 atom stereocenters. The summed E-state index contributed by atoms with van der Waals surface area (Å²) in [6, 6.07) is 32.4. The van der Waals surface area contributed by atoms with E-state index in [1.807, 2.05) is 6.20 Å². The molecule has 5 heteroatoms. The van der Waals surface area contributed by atoms with Crippen molar-refractivity contribution in [3.8, 4) is 34.1 Å². The van der Waals surface area contributed by atoms with E-state index in [1.165, 1.54) is 49.8 Å². The van der Waals surface area contributed by atoms with E-state index in [2.05, 4.69) is 156 Å². The smallest absolute Gasteiger partial charge is 0.137 e. The zero-order valence-electron chi connectivity index (χ0n) is 30.8. The molecule has 0 N–H and O–H groups in total. The molecule has 0 aliphatic rings. The van der Waals surface area contributed by atoms with Crippen molar-refractivity contribution in [2.45, 2.75) is 86.5 Å². The zero-order valence-corrected chi connectivity index (χ0v) is 30.8. The van der Waals surface area contributed by atoms with Gasteiger partial charge in [-0.05, 0) is 116 Å². The van der Waals surface area contributed by atoms with Gasteiger partial charge in [0.2, 0.25) is 0 Å². The second kappa shape index (κ2) is 13.3. The lowest BCUT2D eigenvalue weighted by Crippen LogP contribution is -2.13. The van der Waals surface area contributed by atoms with Crippen molar-refractivity contribution in [2.75, 3.05) is 0 Å². The lowest BCUT2D eigenvalue weighted by Gasteiger charge is -2.22. The summed E-state index contributed by atoms with van der Waals surface area (Å²) in [4.78, 5) is 4.81. The van der Waals surface area contributed by atoms with Gasteiger partial charge in [0.25, 0.3) is 0 Å². The molecule has 0 fully saturated rings. The van der Waals surface area contributed by atoms with E-state index in [4.69, 9.17) is 14.8 Å². The fraction of sp³-hybridized carbons (Fsp3) is 0.289. The monoisotopic (exact) mass is 660 g/mol. The molecule has 0 radical (unpaired) electrons. The van der Waals surface area contributed by atoms with Crippen LogP contribution in [0, 0.1) is 20.8 Å². The summed E-state index contributed by atoms with van der Waals surface area (Å²) in [6.45, 7) is 17.8. The summed E-state index contributed by atoms with van der Waals surface area (Å²) in [5, 5.41) is 7.61. The molecule has 4 aromatic carbocycles. The molecule has 0 amide bonds. The van der Waals surface area contributed by atoms with Crippen LogP contribution in [0.15, 0.2) is 97.2 Å². The number of rotatable bonds is 9. The Hall–Kier alpha value is -5.16. The van der Waals surface area contributed by atoms with Crippen molar-refractivity contribution in [1.82, 2.24) is 19.3 Å².